The predicted octanol–water partition coefficient (Wildman–Crippen LogP) is 3.56. The lowest BCUT2D eigenvalue weighted by atomic mass is 9.89. The van der Waals surface area contributed by atoms with Crippen LogP contribution in [0.5, 0.6) is 5.75 Å². The minimum atomic E-state index is -0.313. The van der Waals surface area contributed by atoms with Gasteiger partial charge in [-0.2, -0.15) is 0 Å². The molecule has 1 saturated heterocycles. The molecule has 5 nitrogen and oxygen atoms in total. The van der Waals surface area contributed by atoms with Crippen molar-refractivity contribution in [3.63, 3.8) is 0 Å². The van der Waals surface area contributed by atoms with Crippen molar-refractivity contribution in [2.45, 2.75) is 31.9 Å². The predicted molar refractivity (Wildman–Crippen MR) is 105 cm³/mol. The Morgan fingerprint density at radius 3 is 2.52 bits per heavy atom. The highest BCUT2D eigenvalue weighted by atomic mass is 16.5. The maximum Gasteiger partial charge on any atom is 0.251 e. The van der Waals surface area contributed by atoms with Crippen LogP contribution in [0.4, 0.5) is 5.69 Å². The molecule has 4 rings (SSSR count). The number of amides is 1. The van der Waals surface area contributed by atoms with Gasteiger partial charge in [-0.05, 0) is 44.2 Å². The summed E-state index contributed by atoms with van der Waals surface area (Å²) in [6.07, 6.45) is 0.738. The zero-order chi connectivity index (χ0) is 18.9. The van der Waals surface area contributed by atoms with Crippen molar-refractivity contribution in [3.05, 3.63) is 59.7 Å². The van der Waals surface area contributed by atoms with Gasteiger partial charge in [0, 0.05) is 36.3 Å². The molecule has 0 spiro atoms. The van der Waals surface area contributed by atoms with Crippen LogP contribution in [-0.4, -0.2) is 37.8 Å². The van der Waals surface area contributed by atoms with Gasteiger partial charge in [-0.15, -0.1) is 0 Å². The van der Waals surface area contributed by atoms with E-state index in [4.69, 9.17) is 9.47 Å². The summed E-state index contributed by atoms with van der Waals surface area (Å²) in [6, 6.07) is 15.7. The van der Waals surface area contributed by atoms with Crippen LogP contribution >= 0.6 is 0 Å². The number of carbonyl (C=O) groups excluding carboxylic acids is 1. The average molecular weight is 366 g/mol. The smallest absolute Gasteiger partial charge is 0.251 e. The summed E-state index contributed by atoms with van der Waals surface area (Å²) >= 11 is 0. The van der Waals surface area contributed by atoms with Crippen LogP contribution < -0.4 is 15.0 Å². The van der Waals surface area contributed by atoms with Crippen LogP contribution in [0.2, 0.25) is 0 Å². The first-order valence-corrected chi connectivity index (χ1v) is 9.53. The summed E-state index contributed by atoms with van der Waals surface area (Å²) in [6.45, 7) is 7.39. The van der Waals surface area contributed by atoms with E-state index in [1.54, 1.807) is 0 Å². The van der Waals surface area contributed by atoms with Gasteiger partial charge in [0.05, 0.1) is 19.3 Å². The molecule has 1 atom stereocenters. The highest BCUT2D eigenvalue weighted by Crippen LogP contribution is 2.39. The molecule has 2 aromatic rings. The fourth-order valence-electron chi connectivity index (χ4n) is 3.82. The first-order chi connectivity index (χ1) is 13.0. The summed E-state index contributed by atoms with van der Waals surface area (Å²) < 4.78 is 11.4. The number of benzene rings is 2. The molecule has 2 aliphatic rings. The maximum absolute atomic E-state index is 12.8. The van der Waals surface area contributed by atoms with Crippen molar-refractivity contribution in [2.24, 2.45) is 0 Å². The molecule has 0 unspecified atom stereocenters. The lowest BCUT2D eigenvalue weighted by Gasteiger charge is -2.37. The van der Waals surface area contributed by atoms with Crippen molar-refractivity contribution < 1.29 is 14.3 Å². The van der Waals surface area contributed by atoms with Gasteiger partial charge < -0.3 is 19.7 Å². The first-order valence-electron chi connectivity index (χ1n) is 9.53. The fourth-order valence-corrected chi connectivity index (χ4v) is 3.82. The zero-order valence-electron chi connectivity index (χ0n) is 15.9. The third-order valence-corrected chi connectivity index (χ3v) is 5.19. The number of hydrogen-bond acceptors (Lipinski definition) is 4. The third kappa shape index (κ3) is 3.93. The lowest BCUT2D eigenvalue weighted by molar-refractivity contribution is 0.0619. The second-order valence-corrected chi connectivity index (χ2v) is 7.78. The van der Waals surface area contributed by atoms with E-state index < -0.39 is 0 Å². The average Bonchev–Trinajstić information content (AvgIpc) is 2.68. The molecule has 1 N–H and O–H groups in total. The number of nitrogens with one attached hydrogen (secondary N) is 1. The van der Waals surface area contributed by atoms with Crippen LogP contribution in [0.1, 0.15) is 42.2 Å². The van der Waals surface area contributed by atoms with Gasteiger partial charge in [0.1, 0.15) is 11.4 Å². The summed E-state index contributed by atoms with van der Waals surface area (Å²) in [5.41, 5.74) is 2.53. The Hall–Kier alpha value is -2.53. The number of rotatable bonds is 3. The third-order valence-electron chi connectivity index (χ3n) is 5.19. The van der Waals surface area contributed by atoms with Gasteiger partial charge in [0.25, 0.3) is 5.91 Å². The Kier molecular flexibility index (Phi) is 4.79. The number of fused-ring (bicyclic) bond motifs is 1. The van der Waals surface area contributed by atoms with Gasteiger partial charge in [0.15, 0.2) is 0 Å². The molecule has 0 radical (unpaired) electrons. The van der Waals surface area contributed by atoms with Crippen molar-refractivity contribution in [1.29, 1.82) is 0 Å². The second-order valence-electron chi connectivity index (χ2n) is 7.78. The van der Waals surface area contributed by atoms with E-state index in [9.17, 15) is 4.79 Å². The second kappa shape index (κ2) is 7.24. The molecule has 0 aliphatic carbocycles. The minimum absolute atomic E-state index is 0.0546. The van der Waals surface area contributed by atoms with E-state index in [-0.39, 0.29) is 17.6 Å². The van der Waals surface area contributed by atoms with Crippen LogP contribution in [-0.2, 0) is 4.74 Å². The van der Waals surface area contributed by atoms with Crippen LogP contribution in [0.25, 0.3) is 0 Å². The summed E-state index contributed by atoms with van der Waals surface area (Å²) in [5.74, 6) is 0.794. The van der Waals surface area contributed by atoms with E-state index in [1.807, 2.05) is 48.5 Å². The zero-order valence-corrected chi connectivity index (χ0v) is 15.9. The lowest BCUT2D eigenvalue weighted by Crippen LogP contribution is -2.41. The van der Waals surface area contributed by atoms with Crippen molar-refractivity contribution in [2.75, 3.05) is 31.2 Å². The van der Waals surface area contributed by atoms with E-state index in [2.05, 4.69) is 24.1 Å². The fraction of sp³-hybridized carbons (Fsp3) is 0.409. The molecule has 27 heavy (non-hydrogen) atoms. The maximum atomic E-state index is 12.8. The van der Waals surface area contributed by atoms with Crippen molar-refractivity contribution in [1.82, 2.24) is 5.32 Å². The highest BCUT2D eigenvalue weighted by molar-refractivity contribution is 5.94. The Morgan fingerprint density at radius 1 is 1.07 bits per heavy atom. The molecule has 2 heterocycles. The molecule has 142 valence electrons. The number of morpholine rings is 1. The molecule has 0 aromatic heterocycles. The van der Waals surface area contributed by atoms with Gasteiger partial charge in [-0.3, -0.25) is 4.79 Å². The standard InChI is InChI=1S/C22H26N2O3/c1-22(2)15-19(18-5-3-4-6-20(18)27-22)23-21(25)16-7-9-17(10-8-16)24-11-13-26-14-12-24/h3-10,19H,11-15H2,1-2H3,(H,23,25)/t19-/m0/s1. The molecule has 1 amide bonds. The van der Waals surface area contributed by atoms with E-state index in [1.165, 1.54) is 0 Å². The van der Waals surface area contributed by atoms with E-state index in [0.717, 1.165) is 49.7 Å². The number of carbonyl (C=O) groups is 1. The SMILES string of the molecule is CC1(C)C[C@H](NC(=O)c2ccc(N3CCOCC3)cc2)c2ccccc2O1. The summed E-state index contributed by atoms with van der Waals surface area (Å²) in [5, 5.41) is 3.19. The molecule has 0 saturated carbocycles. The van der Waals surface area contributed by atoms with Crippen molar-refractivity contribution >= 4 is 11.6 Å². The normalized spacial score (nSPS) is 21.1. The Balaban J connectivity index is 1.49. The largest absolute Gasteiger partial charge is 0.487 e. The minimum Gasteiger partial charge on any atom is -0.487 e. The molecule has 2 aliphatic heterocycles. The van der Waals surface area contributed by atoms with E-state index >= 15 is 0 Å². The Bertz CT molecular complexity index is 811. The quantitative estimate of drug-likeness (QED) is 0.902. The number of nitrogens with zero attached hydrogens (tertiary/aromatic N) is 1. The molecular weight excluding hydrogens is 340 g/mol. The van der Waals surface area contributed by atoms with Gasteiger partial charge in [0.2, 0.25) is 0 Å². The van der Waals surface area contributed by atoms with Gasteiger partial charge >= 0.3 is 0 Å². The Morgan fingerprint density at radius 2 is 1.78 bits per heavy atom. The molecular formula is C22H26N2O3. The molecule has 5 heteroatoms. The number of hydrogen-bond donors (Lipinski definition) is 1. The van der Waals surface area contributed by atoms with Crippen molar-refractivity contribution in [3.8, 4) is 5.75 Å². The number of ether oxygens (including phenoxy) is 2. The van der Waals surface area contributed by atoms with Gasteiger partial charge in [-0.25, -0.2) is 0 Å². The first kappa shape index (κ1) is 17.9. The van der Waals surface area contributed by atoms with E-state index in [0.29, 0.717) is 5.56 Å². The molecule has 1 fully saturated rings. The monoisotopic (exact) mass is 366 g/mol. The summed E-state index contributed by atoms with van der Waals surface area (Å²) in [4.78, 5) is 15.1. The number of para-hydroxylation sites is 1. The molecule has 0 bridgehead atoms. The van der Waals surface area contributed by atoms with Crippen LogP contribution in [0.15, 0.2) is 48.5 Å². The van der Waals surface area contributed by atoms with Crippen LogP contribution in [0.3, 0.4) is 0 Å². The summed E-state index contributed by atoms with van der Waals surface area (Å²) in [7, 11) is 0. The topological polar surface area (TPSA) is 50.8 Å². The Labute approximate surface area is 160 Å². The van der Waals surface area contributed by atoms with Gasteiger partial charge in [-0.1, -0.05) is 18.2 Å². The molecule has 2 aromatic carbocycles. The highest BCUT2D eigenvalue weighted by Gasteiger charge is 2.34. The number of anilines is 1. The van der Waals surface area contributed by atoms with Crippen LogP contribution in [0, 0.1) is 0 Å².